The van der Waals surface area contributed by atoms with Crippen LogP contribution in [0.4, 0.5) is 13.2 Å². The van der Waals surface area contributed by atoms with E-state index in [1.807, 2.05) is 0 Å². The third-order valence-corrected chi connectivity index (χ3v) is 2.81. The fraction of sp³-hybridized carbons (Fsp3) is 0.0909. The molecular weight excluding hydrogens is 329 g/mol. The van der Waals surface area contributed by atoms with Crippen LogP contribution in [0.3, 0.4) is 0 Å². The van der Waals surface area contributed by atoms with E-state index in [0.29, 0.717) is 15.4 Å². The smallest absolute Gasteiger partial charge is 0.434 e. The Balaban J connectivity index is 2.68. The topological polar surface area (TPSA) is 55.1 Å². The van der Waals surface area contributed by atoms with Crippen LogP contribution in [0.1, 0.15) is 16.1 Å². The predicted molar refractivity (Wildman–Crippen MR) is 63.2 cm³/mol. The molecule has 0 fully saturated rings. The quantitative estimate of drug-likeness (QED) is 0.916. The van der Waals surface area contributed by atoms with Crippen molar-refractivity contribution < 1.29 is 23.1 Å². The number of carboxylic acid groups (broad SMARTS) is 1. The van der Waals surface area contributed by atoms with Gasteiger partial charge in [-0.25, -0.2) is 9.48 Å². The molecule has 1 aromatic heterocycles. The minimum Gasteiger partial charge on any atom is -0.478 e. The average Bonchev–Trinajstić information content (AvgIpc) is 2.73. The maximum atomic E-state index is 13.0. The van der Waals surface area contributed by atoms with E-state index in [9.17, 15) is 18.0 Å². The lowest BCUT2D eigenvalue weighted by molar-refractivity contribution is -0.143. The molecule has 0 saturated heterocycles. The number of hydrogen-bond acceptors (Lipinski definition) is 2. The Kier molecular flexibility index (Phi) is 3.36. The van der Waals surface area contributed by atoms with Crippen LogP contribution < -0.4 is 0 Å². The van der Waals surface area contributed by atoms with Gasteiger partial charge in [0.15, 0.2) is 5.69 Å². The number of aromatic nitrogens is 2. The molecule has 0 amide bonds. The number of carbonyl (C=O) groups is 1. The molecule has 1 N–H and O–H groups in total. The highest BCUT2D eigenvalue weighted by molar-refractivity contribution is 9.10. The number of nitrogens with zero attached hydrogens (tertiary/aromatic N) is 2. The van der Waals surface area contributed by atoms with Crippen molar-refractivity contribution >= 4 is 21.9 Å². The lowest BCUT2D eigenvalue weighted by atomic mass is 10.2. The second kappa shape index (κ2) is 4.69. The normalized spacial score (nSPS) is 11.6. The Morgan fingerprint density at radius 3 is 2.58 bits per heavy atom. The fourth-order valence-electron chi connectivity index (χ4n) is 1.58. The predicted octanol–water partition coefficient (Wildman–Crippen LogP) is 3.35. The van der Waals surface area contributed by atoms with Crippen LogP contribution >= 0.6 is 15.9 Å². The van der Waals surface area contributed by atoms with Crippen molar-refractivity contribution in [2.45, 2.75) is 6.18 Å². The molecule has 19 heavy (non-hydrogen) atoms. The first kappa shape index (κ1) is 13.6. The lowest BCUT2D eigenvalue weighted by Gasteiger charge is -2.11. The summed E-state index contributed by atoms with van der Waals surface area (Å²) in [6, 6.07) is 5.98. The first-order chi connectivity index (χ1) is 8.80. The zero-order valence-corrected chi connectivity index (χ0v) is 10.7. The van der Waals surface area contributed by atoms with E-state index in [1.165, 1.54) is 18.2 Å². The second-order valence-electron chi connectivity index (χ2n) is 3.60. The second-order valence-corrected chi connectivity index (χ2v) is 4.52. The molecule has 0 unspecified atom stereocenters. The Morgan fingerprint density at radius 2 is 2.05 bits per heavy atom. The minimum absolute atomic E-state index is 0.120. The highest BCUT2D eigenvalue weighted by Crippen LogP contribution is 2.33. The summed E-state index contributed by atoms with van der Waals surface area (Å²) in [6.45, 7) is 0. The highest BCUT2D eigenvalue weighted by atomic mass is 79.9. The summed E-state index contributed by atoms with van der Waals surface area (Å²) in [4.78, 5) is 10.8. The minimum atomic E-state index is -4.81. The molecule has 1 aromatic carbocycles. The SMILES string of the molecule is O=C(O)c1cnn(-c2cccc(Br)c2)c1C(F)(F)F. The van der Waals surface area contributed by atoms with Crippen molar-refractivity contribution in [3.63, 3.8) is 0 Å². The molecule has 2 rings (SSSR count). The van der Waals surface area contributed by atoms with Crippen molar-refractivity contribution in [2.75, 3.05) is 0 Å². The van der Waals surface area contributed by atoms with Gasteiger partial charge in [0.25, 0.3) is 0 Å². The lowest BCUT2D eigenvalue weighted by Crippen LogP contribution is -2.17. The van der Waals surface area contributed by atoms with Gasteiger partial charge in [-0.05, 0) is 18.2 Å². The van der Waals surface area contributed by atoms with Crippen molar-refractivity contribution in [3.05, 3.63) is 46.2 Å². The van der Waals surface area contributed by atoms with Crippen LogP contribution in [0.25, 0.3) is 5.69 Å². The Hall–Kier alpha value is -1.83. The van der Waals surface area contributed by atoms with Gasteiger partial charge >= 0.3 is 12.1 Å². The van der Waals surface area contributed by atoms with Crippen LogP contribution in [-0.2, 0) is 6.18 Å². The summed E-state index contributed by atoms with van der Waals surface area (Å²) >= 11 is 3.13. The Bertz CT molecular complexity index is 637. The van der Waals surface area contributed by atoms with E-state index in [4.69, 9.17) is 5.11 Å². The van der Waals surface area contributed by atoms with Crippen LogP contribution in [-0.4, -0.2) is 20.9 Å². The first-order valence-electron chi connectivity index (χ1n) is 4.95. The third-order valence-electron chi connectivity index (χ3n) is 2.32. The van der Waals surface area contributed by atoms with Crippen LogP contribution in [0.15, 0.2) is 34.9 Å². The maximum Gasteiger partial charge on any atom is 0.434 e. The van der Waals surface area contributed by atoms with Gasteiger partial charge in [-0.15, -0.1) is 0 Å². The summed E-state index contributed by atoms with van der Waals surface area (Å²) in [5.41, 5.74) is -2.07. The number of alkyl halides is 3. The number of halogens is 4. The zero-order chi connectivity index (χ0) is 14.2. The summed E-state index contributed by atoms with van der Waals surface area (Å²) < 4.78 is 40.0. The molecule has 100 valence electrons. The van der Waals surface area contributed by atoms with E-state index in [1.54, 1.807) is 6.07 Å². The Labute approximate surface area is 113 Å². The average molecular weight is 335 g/mol. The van der Waals surface area contributed by atoms with Crippen molar-refractivity contribution in [1.82, 2.24) is 9.78 Å². The van der Waals surface area contributed by atoms with Gasteiger partial charge in [0.1, 0.15) is 5.56 Å². The number of hydrogen-bond donors (Lipinski definition) is 1. The standard InChI is InChI=1S/C11H6BrF3N2O2/c12-6-2-1-3-7(4-6)17-9(11(13,14)15)8(5-16-17)10(18)19/h1-5H,(H,18,19). The van der Waals surface area contributed by atoms with Gasteiger partial charge < -0.3 is 5.11 Å². The molecule has 8 heteroatoms. The zero-order valence-electron chi connectivity index (χ0n) is 9.15. The molecule has 1 heterocycles. The maximum absolute atomic E-state index is 13.0. The molecule has 0 aliphatic heterocycles. The van der Waals surface area contributed by atoms with Crippen molar-refractivity contribution in [2.24, 2.45) is 0 Å². The summed E-state index contributed by atoms with van der Waals surface area (Å²) in [5, 5.41) is 12.3. The molecule has 4 nitrogen and oxygen atoms in total. The number of rotatable bonds is 2. The van der Waals surface area contributed by atoms with Crippen LogP contribution in [0.2, 0.25) is 0 Å². The highest BCUT2D eigenvalue weighted by Gasteiger charge is 2.40. The molecule has 0 radical (unpaired) electrons. The largest absolute Gasteiger partial charge is 0.478 e. The van der Waals surface area contributed by atoms with E-state index >= 15 is 0 Å². The van der Waals surface area contributed by atoms with Gasteiger partial charge in [-0.2, -0.15) is 18.3 Å². The van der Waals surface area contributed by atoms with Crippen molar-refractivity contribution in [1.29, 1.82) is 0 Å². The monoisotopic (exact) mass is 334 g/mol. The van der Waals surface area contributed by atoms with Gasteiger partial charge in [0.05, 0.1) is 11.9 Å². The Morgan fingerprint density at radius 1 is 1.37 bits per heavy atom. The molecule has 0 aliphatic carbocycles. The van der Waals surface area contributed by atoms with Gasteiger partial charge in [-0.3, -0.25) is 0 Å². The van der Waals surface area contributed by atoms with E-state index < -0.39 is 23.4 Å². The first-order valence-corrected chi connectivity index (χ1v) is 5.74. The molecular formula is C11H6BrF3N2O2. The summed E-state index contributed by atoms with van der Waals surface area (Å²) in [6.07, 6.45) is -4.13. The number of aromatic carboxylic acids is 1. The van der Waals surface area contributed by atoms with E-state index in [2.05, 4.69) is 21.0 Å². The van der Waals surface area contributed by atoms with E-state index in [0.717, 1.165) is 0 Å². The van der Waals surface area contributed by atoms with Crippen LogP contribution in [0.5, 0.6) is 0 Å². The van der Waals surface area contributed by atoms with E-state index in [-0.39, 0.29) is 5.69 Å². The fourth-order valence-corrected chi connectivity index (χ4v) is 1.97. The third kappa shape index (κ3) is 2.62. The summed E-state index contributed by atoms with van der Waals surface area (Å²) in [7, 11) is 0. The van der Waals surface area contributed by atoms with Gasteiger partial charge in [0, 0.05) is 4.47 Å². The molecule has 0 aliphatic rings. The molecule has 0 atom stereocenters. The number of carboxylic acids is 1. The van der Waals surface area contributed by atoms with Crippen molar-refractivity contribution in [3.8, 4) is 5.69 Å². The molecule has 0 bridgehead atoms. The van der Waals surface area contributed by atoms with Gasteiger partial charge in [0.2, 0.25) is 0 Å². The molecule has 0 saturated carbocycles. The number of benzene rings is 1. The van der Waals surface area contributed by atoms with Crippen LogP contribution in [0, 0.1) is 0 Å². The molecule has 0 spiro atoms. The molecule has 2 aromatic rings. The summed E-state index contributed by atoms with van der Waals surface area (Å²) in [5.74, 6) is -1.67. The van der Waals surface area contributed by atoms with Gasteiger partial charge in [-0.1, -0.05) is 22.0 Å².